The van der Waals surface area contributed by atoms with Gasteiger partial charge in [-0.3, -0.25) is 9.69 Å². The summed E-state index contributed by atoms with van der Waals surface area (Å²) in [5.74, 6) is 0.833. The van der Waals surface area contributed by atoms with Crippen LogP contribution < -0.4 is 10.2 Å². The number of aromatic nitrogens is 2. The van der Waals surface area contributed by atoms with Crippen molar-refractivity contribution in [1.82, 2.24) is 20.2 Å². The summed E-state index contributed by atoms with van der Waals surface area (Å²) in [5, 5.41) is 2.80. The number of rotatable bonds is 5. The lowest BCUT2D eigenvalue weighted by atomic mass is 10.3. The van der Waals surface area contributed by atoms with E-state index in [0.29, 0.717) is 13.1 Å². The fourth-order valence-corrected chi connectivity index (χ4v) is 2.22. The SMILES string of the molecule is C=CCNC(=O)CN1CCN(c2ncc(C)c(C)n2)CC1. The summed E-state index contributed by atoms with van der Waals surface area (Å²) in [6, 6.07) is 0. The van der Waals surface area contributed by atoms with E-state index in [9.17, 15) is 4.79 Å². The lowest BCUT2D eigenvalue weighted by Crippen LogP contribution is -2.50. The molecule has 0 bridgehead atoms. The molecule has 0 aromatic carbocycles. The van der Waals surface area contributed by atoms with Gasteiger partial charge in [0, 0.05) is 44.6 Å². The second-order valence-corrected chi connectivity index (χ2v) is 5.29. The van der Waals surface area contributed by atoms with E-state index in [0.717, 1.165) is 43.4 Å². The molecule has 0 saturated carbocycles. The van der Waals surface area contributed by atoms with Crippen molar-refractivity contribution in [1.29, 1.82) is 0 Å². The molecule has 21 heavy (non-hydrogen) atoms. The number of amides is 1. The van der Waals surface area contributed by atoms with Gasteiger partial charge < -0.3 is 10.2 Å². The van der Waals surface area contributed by atoms with Crippen LogP contribution >= 0.6 is 0 Å². The number of carbonyl (C=O) groups excluding carboxylic acids is 1. The summed E-state index contributed by atoms with van der Waals surface area (Å²) in [5.41, 5.74) is 2.13. The summed E-state index contributed by atoms with van der Waals surface area (Å²) >= 11 is 0. The van der Waals surface area contributed by atoms with Crippen molar-refractivity contribution in [2.45, 2.75) is 13.8 Å². The van der Waals surface area contributed by atoms with Crippen LogP contribution in [0, 0.1) is 13.8 Å². The van der Waals surface area contributed by atoms with E-state index in [1.165, 1.54) is 0 Å². The Hall–Kier alpha value is -1.95. The predicted octanol–water partition coefficient (Wildman–Crippen LogP) is 0.518. The number of nitrogens with zero attached hydrogens (tertiary/aromatic N) is 4. The smallest absolute Gasteiger partial charge is 0.234 e. The molecule has 0 aliphatic carbocycles. The Labute approximate surface area is 125 Å². The highest BCUT2D eigenvalue weighted by atomic mass is 16.2. The van der Waals surface area contributed by atoms with Crippen LogP contribution in [-0.4, -0.2) is 60.0 Å². The fourth-order valence-electron chi connectivity index (χ4n) is 2.22. The Kier molecular flexibility index (Phi) is 5.27. The summed E-state index contributed by atoms with van der Waals surface area (Å²) in [7, 11) is 0. The number of hydrogen-bond acceptors (Lipinski definition) is 5. The molecule has 114 valence electrons. The molecule has 0 radical (unpaired) electrons. The average Bonchev–Trinajstić information content (AvgIpc) is 2.49. The average molecular weight is 289 g/mol. The van der Waals surface area contributed by atoms with Gasteiger partial charge in [0.1, 0.15) is 0 Å². The van der Waals surface area contributed by atoms with E-state index in [1.54, 1.807) is 6.08 Å². The number of hydrogen-bond donors (Lipinski definition) is 1. The molecular formula is C15H23N5O. The van der Waals surface area contributed by atoms with Crippen molar-refractivity contribution in [2.24, 2.45) is 0 Å². The monoisotopic (exact) mass is 289 g/mol. The van der Waals surface area contributed by atoms with E-state index in [2.05, 4.69) is 31.7 Å². The van der Waals surface area contributed by atoms with E-state index in [4.69, 9.17) is 0 Å². The van der Waals surface area contributed by atoms with Gasteiger partial charge in [0.2, 0.25) is 11.9 Å². The minimum absolute atomic E-state index is 0.0470. The van der Waals surface area contributed by atoms with Gasteiger partial charge in [-0.1, -0.05) is 6.08 Å². The molecule has 1 aliphatic rings. The zero-order valence-electron chi connectivity index (χ0n) is 12.8. The Balaban J connectivity index is 1.84. The molecule has 0 spiro atoms. The van der Waals surface area contributed by atoms with Gasteiger partial charge in [-0.05, 0) is 19.4 Å². The van der Waals surface area contributed by atoms with E-state index in [-0.39, 0.29) is 5.91 Å². The van der Waals surface area contributed by atoms with Gasteiger partial charge >= 0.3 is 0 Å². The van der Waals surface area contributed by atoms with Gasteiger partial charge in [-0.25, -0.2) is 9.97 Å². The second-order valence-electron chi connectivity index (χ2n) is 5.29. The van der Waals surface area contributed by atoms with Crippen LogP contribution in [0.1, 0.15) is 11.3 Å². The van der Waals surface area contributed by atoms with Crippen LogP contribution in [0.3, 0.4) is 0 Å². The third-order valence-corrected chi connectivity index (χ3v) is 3.68. The molecule has 6 heteroatoms. The molecule has 1 saturated heterocycles. The van der Waals surface area contributed by atoms with Gasteiger partial charge in [-0.15, -0.1) is 6.58 Å². The van der Waals surface area contributed by atoms with Crippen LogP contribution in [0.5, 0.6) is 0 Å². The van der Waals surface area contributed by atoms with Gasteiger partial charge in [0.15, 0.2) is 0 Å². The van der Waals surface area contributed by atoms with Gasteiger partial charge in [0.25, 0.3) is 0 Å². The van der Waals surface area contributed by atoms with Crippen molar-refractivity contribution in [3.8, 4) is 0 Å². The normalized spacial score (nSPS) is 15.8. The third-order valence-electron chi connectivity index (χ3n) is 3.68. The van der Waals surface area contributed by atoms with Crippen LogP contribution in [0.2, 0.25) is 0 Å². The van der Waals surface area contributed by atoms with E-state index in [1.807, 2.05) is 20.0 Å². The quantitative estimate of drug-likeness (QED) is 0.801. The molecule has 1 aliphatic heterocycles. The zero-order chi connectivity index (χ0) is 15.2. The lowest BCUT2D eigenvalue weighted by molar-refractivity contribution is -0.122. The van der Waals surface area contributed by atoms with Gasteiger partial charge in [-0.2, -0.15) is 0 Å². The number of aryl methyl sites for hydroxylation is 2. The van der Waals surface area contributed by atoms with E-state index < -0.39 is 0 Å². The molecule has 1 aromatic rings. The zero-order valence-corrected chi connectivity index (χ0v) is 12.8. The molecule has 0 unspecified atom stereocenters. The molecule has 6 nitrogen and oxygen atoms in total. The number of nitrogens with one attached hydrogen (secondary N) is 1. The van der Waals surface area contributed by atoms with Crippen molar-refractivity contribution in [3.05, 3.63) is 30.1 Å². The summed E-state index contributed by atoms with van der Waals surface area (Å²) in [4.78, 5) is 24.9. The maximum Gasteiger partial charge on any atom is 0.234 e. The lowest BCUT2D eigenvalue weighted by Gasteiger charge is -2.34. The van der Waals surface area contributed by atoms with Crippen LogP contribution in [0.4, 0.5) is 5.95 Å². The maximum absolute atomic E-state index is 11.7. The Morgan fingerprint density at radius 2 is 2.10 bits per heavy atom. The Morgan fingerprint density at radius 3 is 2.71 bits per heavy atom. The maximum atomic E-state index is 11.7. The summed E-state index contributed by atoms with van der Waals surface area (Å²) in [6.07, 6.45) is 3.56. The Morgan fingerprint density at radius 1 is 1.38 bits per heavy atom. The first-order chi connectivity index (χ1) is 10.1. The number of anilines is 1. The van der Waals surface area contributed by atoms with Crippen LogP contribution in [0.15, 0.2) is 18.9 Å². The number of carbonyl (C=O) groups is 1. The number of piperazine rings is 1. The third kappa shape index (κ3) is 4.26. The topological polar surface area (TPSA) is 61.4 Å². The predicted molar refractivity (Wildman–Crippen MR) is 83.4 cm³/mol. The molecule has 1 N–H and O–H groups in total. The fraction of sp³-hybridized carbons (Fsp3) is 0.533. The standard InChI is InChI=1S/C15H23N5O/c1-4-5-16-14(21)11-19-6-8-20(9-7-19)15-17-10-12(2)13(3)18-15/h4,10H,1,5-9,11H2,2-3H3,(H,16,21). The highest BCUT2D eigenvalue weighted by molar-refractivity contribution is 5.78. The van der Waals surface area contributed by atoms with Crippen molar-refractivity contribution < 1.29 is 4.79 Å². The molecule has 2 heterocycles. The summed E-state index contributed by atoms with van der Waals surface area (Å²) in [6.45, 7) is 11.9. The minimum Gasteiger partial charge on any atom is -0.352 e. The van der Waals surface area contributed by atoms with Crippen LogP contribution in [0.25, 0.3) is 0 Å². The highest BCUT2D eigenvalue weighted by Crippen LogP contribution is 2.12. The molecular weight excluding hydrogens is 266 g/mol. The Bertz CT molecular complexity index is 509. The molecule has 1 amide bonds. The van der Waals surface area contributed by atoms with Gasteiger partial charge in [0.05, 0.1) is 6.54 Å². The van der Waals surface area contributed by atoms with Crippen molar-refractivity contribution in [2.75, 3.05) is 44.2 Å². The molecule has 1 fully saturated rings. The second kappa shape index (κ2) is 7.17. The highest BCUT2D eigenvalue weighted by Gasteiger charge is 2.20. The summed E-state index contributed by atoms with van der Waals surface area (Å²) < 4.78 is 0. The molecule has 1 aromatic heterocycles. The first kappa shape index (κ1) is 15.4. The van der Waals surface area contributed by atoms with Crippen molar-refractivity contribution in [3.63, 3.8) is 0 Å². The largest absolute Gasteiger partial charge is 0.352 e. The molecule has 0 atom stereocenters. The van der Waals surface area contributed by atoms with Crippen LogP contribution in [-0.2, 0) is 4.79 Å². The molecule has 2 rings (SSSR count). The minimum atomic E-state index is 0.0470. The van der Waals surface area contributed by atoms with Crippen molar-refractivity contribution >= 4 is 11.9 Å². The first-order valence-corrected chi connectivity index (χ1v) is 7.25. The van der Waals surface area contributed by atoms with E-state index >= 15 is 0 Å². The first-order valence-electron chi connectivity index (χ1n) is 7.25.